The van der Waals surface area contributed by atoms with Crippen LogP contribution in [0.2, 0.25) is 5.02 Å². The molecule has 6 heteroatoms. The highest BCUT2D eigenvalue weighted by Crippen LogP contribution is 2.23. The monoisotopic (exact) mass is 294 g/mol. The second-order valence-corrected chi connectivity index (χ2v) is 5.22. The van der Waals surface area contributed by atoms with Gasteiger partial charge in [-0.25, -0.2) is 9.67 Å². The molecule has 0 atom stereocenters. The SMILES string of the molecule is CNCc1cc(Cl)ccc1OCc1ncnn1C(C)C. The average Bonchev–Trinajstić information content (AvgIpc) is 2.87. The van der Waals surface area contributed by atoms with Gasteiger partial charge in [-0.15, -0.1) is 0 Å². The van der Waals surface area contributed by atoms with Crippen LogP contribution in [0.1, 0.15) is 31.3 Å². The van der Waals surface area contributed by atoms with E-state index in [-0.39, 0.29) is 6.04 Å². The molecule has 108 valence electrons. The van der Waals surface area contributed by atoms with Gasteiger partial charge in [0.2, 0.25) is 0 Å². The van der Waals surface area contributed by atoms with Crippen molar-refractivity contribution in [1.29, 1.82) is 0 Å². The molecule has 0 bridgehead atoms. The summed E-state index contributed by atoms with van der Waals surface area (Å²) in [7, 11) is 1.89. The molecule has 0 aliphatic rings. The Labute approximate surface area is 123 Å². The molecular weight excluding hydrogens is 276 g/mol. The molecule has 0 spiro atoms. The molecule has 0 unspecified atom stereocenters. The van der Waals surface area contributed by atoms with Gasteiger partial charge in [0.15, 0.2) is 5.82 Å². The maximum Gasteiger partial charge on any atom is 0.165 e. The first-order valence-corrected chi connectivity index (χ1v) is 6.93. The fourth-order valence-corrected chi connectivity index (χ4v) is 2.16. The molecule has 2 aromatic rings. The van der Waals surface area contributed by atoms with E-state index in [4.69, 9.17) is 16.3 Å². The molecule has 0 fully saturated rings. The van der Waals surface area contributed by atoms with Gasteiger partial charge < -0.3 is 10.1 Å². The topological polar surface area (TPSA) is 52.0 Å². The number of hydrogen-bond acceptors (Lipinski definition) is 4. The molecule has 1 N–H and O–H groups in total. The van der Waals surface area contributed by atoms with Crippen LogP contribution in [0.5, 0.6) is 5.75 Å². The third-order valence-electron chi connectivity index (χ3n) is 2.88. The molecule has 0 aliphatic carbocycles. The Morgan fingerprint density at radius 2 is 2.20 bits per heavy atom. The van der Waals surface area contributed by atoms with Crippen LogP contribution in [0, 0.1) is 0 Å². The Hall–Kier alpha value is -1.59. The fraction of sp³-hybridized carbons (Fsp3) is 0.429. The molecule has 1 aromatic carbocycles. The molecule has 1 aromatic heterocycles. The van der Waals surface area contributed by atoms with Gasteiger partial charge in [0.25, 0.3) is 0 Å². The molecule has 1 heterocycles. The number of hydrogen-bond donors (Lipinski definition) is 1. The van der Waals surface area contributed by atoms with E-state index in [0.29, 0.717) is 18.2 Å². The van der Waals surface area contributed by atoms with Gasteiger partial charge in [0, 0.05) is 23.2 Å². The summed E-state index contributed by atoms with van der Waals surface area (Å²) in [5.74, 6) is 1.62. The highest BCUT2D eigenvalue weighted by atomic mass is 35.5. The smallest absolute Gasteiger partial charge is 0.165 e. The lowest BCUT2D eigenvalue weighted by Gasteiger charge is -2.13. The zero-order chi connectivity index (χ0) is 14.5. The van der Waals surface area contributed by atoms with E-state index in [2.05, 4.69) is 29.2 Å². The van der Waals surface area contributed by atoms with Crippen LogP contribution in [0.25, 0.3) is 0 Å². The van der Waals surface area contributed by atoms with Gasteiger partial charge in [-0.1, -0.05) is 11.6 Å². The van der Waals surface area contributed by atoms with Crippen molar-refractivity contribution in [2.45, 2.75) is 33.0 Å². The van der Waals surface area contributed by atoms with E-state index in [1.54, 1.807) is 6.33 Å². The Morgan fingerprint density at radius 1 is 1.40 bits per heavy atom. The quantitative estimate of drug-likeness (QED) is 0.890. The third kappa shape index (κ3) is 3.49. The van der Waals surface area contributed by atoms with Crippen molar-refractivity contribution in [3.8, 4) is 5.75 Å². The number of halogens is 1. The van der Waals surface area contributed by atoms with E-state index < -0.39 is 0 Å². The summed E-state index contributed by atoms with van der Waals surface area (Å²) in [4.78, 5) is 4.23. The summed E-state index contributed by atoms with van der Waals surface area (Å²) in [5, 5.41) is 8.00. The summed E-state index contributed by atoms with van der Waals surface area (Å²) < 4.78 is 7.71. The zero-order valence-electron chi connectivity index (χ0n) is 11.9. The maximum absolute atomic E-state index is 6.01. The van der Waals surface area contributed by atoms with E-state index in [9.17, 15) is 0 Å². The Morgan fingerprint density at radius 3 is 2.90 bits per heavy atom. The fourth-order valence-electron chi connectivity index (χ4n) is 1.97. The first-order valence-electron chi connectivity index (χ1n) is 6.56. The van der Waals surface area contributed by atoms with Crippen LogP contribution >= 0.6 is 11.6 Å². The molecule has 20 heavy (non-hydrogen) atoms. The summed E-state index contributed by atoms with van der Waals surface area (Å²) in [5.41, 5.74) is 1.02. The predicted octanol–water partition coefficient (Wildman–Crippen LogP) is 2.81. The lowest BCUT2D eigenvalue weighted by atomic mass is 10.2. The van der Waals surface area contributed by atoms with Crippen molar-refractivity contribution >= 4 is 11.6 Å². The van der Waals surface area contributed by atoms with Crippen LogP contribution < -0.4 is 10.1 Å². The third-order valence-corrected chi connectivity index (χ3v) is 3.12. The van der Waals surface area contributed by atoms with Crippen molar-refractivity contribution in [3.63, 3.8) is 0 Å². The highest BCUT2D eigenvalue weighted by molar-refractivity contribution is 6.30. The number of rotatable bonds is 6. The minimum absolute atomic E-state index is 0.262. The molecule has 0 aliphatic heterocycles. The molecule has 0 amide bonds. The zero-order valence-corrected chi connectivity index (χ0v) is 12.7. The second kappa shape index (κ2) is 6.72. The van der Waals surface area contributed by atoms with Crippen molar-refractivity contribution in [3.05, 3.63) is 40.9 Å². The molecule has 0 saturated heterocycles. The maximum atomic E-state index is 6.01. The van der Waals surface area contributed by atoms with Gasteiger partial charge in [-0.3, -0.25) is 0 Å². The first-order chi connectivity index (χ1) is 9.61. The largest absolute Gasteiger partial charge is 0.485 e. The van der Waals surface area contributed by atoms with Gasteiger partial charge in [-0.05, 0) is 39.1 Å². The van der Waals surface area contributed by atoms with Crippen LogP contribution in [0.3, 0.4) is 0 Å². The van der Waals surface area contributed by atoms with Crippen LogP contribution in [-0.2, 0) is 13.2 Å². The Balaban J connectivity index is 2.12. The average molecular weight is 295 g/mol. The first kappa shape index (κ1) is 14.8. The van der Waals surface area contributed by atoms with Crippen molar-refractivity contribution in [2.75, 3.05) is 7.05 Å². The van der Waals surface area contributed by atoms with E-state index in [1.807, 2.05) is 29.9 Å². The van der Waals surface area contributed by atoms with Gasteiger partial charge in [0.05, 0.1) is 0 Å². The minimum Gasteiger partial charge on any atom is -0.485 e. The van der Waals surface area contributed by atoms with Gasteiger partial charge in [0.1, 0.15) is 18.7 Å². The van der Waals surface area contributed by atoms with Gasteiger partial charge in [-0.2, -0.15) is 5.10 Å². The lowest BCUT2D eigenvalue weighted by Crippen LogP contribution is -2.12. The van der Waals surface area contributed by atoms with Crippen molar-refractivity contribution < 1.29 is 4.74 Å². The second-order valence-electron chi connectivity index (χ2n) is 4.79. The Bertz CT molecular complexity index is 568. The molecule has 2 rings (SSSR count). The summed E-state index contributed by atoms with van der Waals surface area (Å²) in [6.07, 6.45) is 1.55. The minimum atomic E-state index is 0.262. The predicted molar refractivity (Wildman–Crippen MR) is 79.0 cm³/mol. The summed E-state index contributed by atoms with van der Waals surface area (Å²) in [6, 6.07) is 5.87. The number of ether oxygens (including phenoxy) is 1. The van der Waals surface area contributed by atoms with Crippen LogP contribution in [0.4, 0.5) is 0 Å². The van der Waals surface area contributed by atoms with Crippen LogP contribution in [0.15, 0.2) is 24.5 Å². The standard InChI is InChI=1S/C14H19ClN4O/c1-10(2)19-14(17-9-18-19)8-20-13-5-4-12(15)6-11(13)7-16-3/h4-6,9-10,16H,7-8H2,1-3H3. The number of aromatic nitrogens is 3. The van der Waals surface area contributed by atoms with Crippen molar-refractivity contribution in [1.82, 2.24) is 20.1 Å². The number of nitrogens with one attached hydrogen (secondary N) is 1. The van der Waals surface area contributed by atoms with E-state index >= 15 is 0 Å². The number of nitrogens with zero attached hydrogens (tertiary/aromatic N) is 3. The lowest BCUT2D eigenvalue weighted by molar-refractivity contribution is 0.279. The van der Waals surface area contributed by atoms with E-state index in [0.717, 1.165) is 17.1 Å². The Kier molecular flexibility index (Phi) is 4.98. The molecule has 0 radical (unpaired) electrons. The number of benzene rings is 1. The van der Waals surface area contributed by atoms with Crippen LogP contribution in [-0.4, -0.2) is 21.8 Å². The molecule has 0 saturated carbocycles. The van der Waals surface area contributed by atoms with Crippen molar-refractivity contribution in [2.24, 2.45) is 0 Å². The normalized spacial score (nSPS) is 11.1. The highest BCUT2D eigenvalue weighted by Gasteiger charge is 2.10. The molecular formula is C14H19ClN4O. The van der Waals surface area contributed by atoms with E-state index in [1.165, 1.54) is 0 Å². The van der Waals surface area contributed by atoms with Gasteiger partial charge >= 0.3 is 0 Å². The summed E-state index contributed by atoms with van der Waals surface area (Å²) >= 11 is 6.01. The molecule has 5 nitrogen and oxygen atoms in total. The summed E-state index contributed by atoms with van der Waals surface area (Å²) in [6.45, 7) is 5.21.